The van der Waals surface area contributed by atoms with E-state index in [2.05, 4.69) is 36.1 Å². The van der Waals surface area contributed by atoms with Gasteiger partial charge >= 0.3 is 0 Å². The quantitative estimate of drug-likeness (QED) is 0.890. The molecular weight excluding hydrogens is 226 g/mol. The summed E-state index contributed by atoms with van der Waals surface area (Å²) in [4.78, 5) is 2.54. The van der Waals surface area contributed by atoms with Crippen molar-refractivity contribution in [1.29, 1.82) is 0 Å². The molecule has 0 bridgehead atoms. The van der Waals surface area contributed by atoms with E-state index in [0.29, 0.717) is 18.0 Å². The van der Waals surface area contributed by atoms with Gasteiger partial charge in [0.1, 0.15) is 0 Å². The van der Waals surface area contributed by atoms with Crippen molar-refractivity contribution in [2.45, 2.75) is 52.7 Å². The summed E-state index contributed by atoms with van der Waals surface area (Å²) in [5.74, 6) is 1.63. The SMILES string of the molecule is CCC1CN(Cc2cc(C)no2)C(C(C)C)CN1. The fourth-order valence-electron chi connectivity index (χ4n) is 2.70. The molecule has 1 aliphatic heterocycles. The van der Waals surface area contributed by atoms with Crippen LogP contribution in [0.15, 0.2) is 10.6 Å². The molecule has 0 aromatic carbocycles. The van der Waals surface area contributed by atoms with Gasteiger partial charge in [-0.25, -0.2) is 0 Å². The van der Waals surface area contributed by atoms with Crippen molar-refractivity contribution in [2.24, 2.45) is 5.92 Å². The van der Waals surface area contributed by atoms with Crippen LogP contribution in [0, 0.1) is 12.8 Å². The lowest BCUT2D eigenvalue weighted by Crippen LogP contribution is -2.57. The molecule has 1 aliphatic rings. The molecular formula is C14H25N3O. The van der Waals surface area contributed by atoms with E-state index < -0.39 is 0 Å². The summed E-state index contributed by atoms with van der Waals surface area (Å²) in [6.07, 6.45) is 1.18. The minimum Gasteiger partial charge on any atom is -0.360 e. The highest BCUT2D eigenvalue weighted by Crippen LogP contribution is 2.19. The van der Waals surface area contributed by atoms with Crippen molar-refractivity contribution < 1.29 is 4.52 Å². The summed E-state index contributed by atoms with van der Waals surface area (Å²) >= 11 is 0. The predicted octanol–water partition coefficient (Wildman–Crippen LogP) is 2.19. The Morgan fingerprint density at radius 1 is 1.56 bits per heavy atom. The maximum absolute atomic E-state index is 5.35. The van der Waals surface area contributed by atoms with Gasteiger partial charge in [0.25, 0.3) is 0 Å². The average Bonchev–Trinajstić information content (AvgIpc) is 2.74. The normalized spacial score (nSPS) is 25.8. The van der Waals surface area contributed by atoms with Crippen LogP contribution < -0.4 is 5.32 Å². The lowest BCUT2D eigenvalue weighted by atomic mass is 9.97. The van der Waals surface area contributed by atoms with Crippen molar-refractivity contribution in [3.8, 4) is 0 Å². The number of rotatable bonds is 4. The Morgan fingerprint density at radius 2 is 2.33 bits per heavy atom. The second-order valence-corrected chi connectivity index (χ2v) is 5.69. The molecule has 1 N–H and O–H groups in total. The average molecular weight is 251 g/mol. The van der Waals surface area contributed by atoms with Crippen molar-refractivity contribution in [3.63, 3.8) is 0 Å². The first-order valence-electron chi connectivity index (χ1n) is 6.99. The van der Waals surface area contributed by atoms with Gasteiger partial charge in [-0.05, 0) is 19.3 Å². The summed E-state index contributed by atoms with van der Waals surface area (Å²) in [5.41, 5.74) is 0.966. The van der Waals surface area contributed by atoms with Crippen LogP contribution in [-0.4, -0.2) is 35.2 Å². The Kier molecular flexibility index (Phi) is 4.40. The molecule has 1 aromatic rings. The van der Waals surface area contributed by atoms with Crippen molar-refractivity contribution in [1.82, 2.24) is 15.4 Å². The third-order valence-corrected chi connectivity index (χ3v) is 3.84. The first kappa shape index (κ1) is 13.6. The molecule has 18 heavy (non-hydrogen) atoms. The second-order valence-electron chi connectivity index (χ2n) is 5.69. The van der Waals surface area contributed by atoms with Crippen LogP contribution in [0.5, 0.6) is 0 Å². The number of nitrogens with one attached hydrogen (secondary N) is 1. The van der Waals surface area contributed by atoms with Crippen molar-refractivity contribution in [2.75, 3.05) is 13.1 Å². The number of hydrogen-bond donors (Lipinski definition) is 1. The number of hydrogen-bond acceptors (Lipinski definition) is 4. The third-order valence-electron chi connectivity index (χ3n) is 3.84. The molecule has 2 unspecified atom stereocenters. The van der Waals surface area contributed by atoms with Gasteiger partial charge in [-0.3, -0.25) is 4.90 Å². The first-order chi connectivity index (χ1) is 8.60. The molecule has 102 valence electrons. The van der Waals surface area contributed by atoms with Crippen molar-refractivity contribution >= 4 is 0 Å². The number of piperazine rings is 1. The monoisotopic (exact) mass is 251 g/mol. The molecule has 2 rings (SSSR count). The minimum atomic E-state index is 0.582. The fraction of sp³-hybridized carbons (Fsp3) is 0.786. The van der Waals surface area contributed by atoms with Crippen LogP contribution >= 0.6 is 0 Å². The molecule has 0 spiro atoms. The van der Waals surface area contributed by atoms with Crippen LogP contribution in [0.3, 0.4) is 0 Å². The highest BCUT2D eigenvalue weighted by atomic mass is 16.5. The topological polar surface area (TPSA) is 41.3 Å². The van der Waals surface area contributed by atoms with E-state index in [9.17, 15) is 0 Å². The van der Waals surface area contributed by atoms with Crippen LogP contribution in [0.4, 0.5) is 0 Å². The molecule has 4 heteroatoms. The molecule has 0 amide bonds. The second kappa shape index (κ2) is 5.85. The molecule has 0 saturated carbocycles. The third kappa shape index (κ3) is 3.12. The molecule has 2 heterocycles. The number of aryl methyl sites for hydroxylation is 1. The molecule has 1 saturated heterocycles. The lowest BCUT2D eigenvalue weighted by molar-refractivity contribution is 0.0808. The van der Waals surface area contributed by atoms with E-state index in [4.69, 9.17) is 4.52 Å². The van der Waals surface area contributed by atoms with E-state index in [-0.39, 0.29) is 0 Å². The smallest absolute Gasteiger partial charge is 0.150 e. The van der Waals surface area contributed by atoms with Gasteiger partial charge in [-0.1, -0.05) is 25.9 Å². The number of nitrogens with zero attached hydrogens (tertiary/aromatic N) is 2. The Labute approximate surface area is 110 Å². The van der Waals surface area contributed by atoms with Gasteiger partial charge in [0, 0.05) is 31.2 Å². The van der Waals surface area contributed by atoms with Crippen LogP contribution in [0.2, 0.25) is 0 Å². The largest absolute Gasteiger partial charge is 0.360 e. The summed E-state index contributed by atoms with van der Waals surface area (Å²) in [5, 5.41) is 7.61. The summed E-state index contributed by atoms with van der Waals surface area (Å²) < 4.78 is 5.35. The van der Waals surface area contributed by atoms with E-state index in [1.807, 2.05) is 13.0 Å². The lowest BCUT2D eigenvalue weighted by Gasteiger charge is -2.41. The van der Waals surface area contributed by atoms with Gasteiger partial charge in [0.05, 0.1) is 12.2 Å². The van der Waals surface area contributed by atoms with Crippen molar-refractivity contribution in [3.05, 3.63) is 17.5 Å². The Hall–Kier alpha value is -0.870. The molecule has 1 aromatic heterocycles. The van der Waals surface area contributed by atoms with Crippen LogP contribution in [0.1, 0.15) is 38.6 Å². The summed E-state index contributed by atoms with van der Waals surface area (Å²) in [6, 6.07) is 3.22. The zero-order chi connectivity index (χ0) is 13.1. The zero-order valence-corrected chi connectivity index (χ0v) is 11.9. The molecule has 0 radical (unpaired) electrons. The van der Waals surface area contributed by atoms with E-state index in [1.54, 1.807) is 0 Å². The van der Waals surface area contributed by atoms with Gasteiger partial charge in [0.15, 0.2) is 5.76 Å². The fourth-order valence-corrected chi connectivity index (χ4v) is 2.70. The Balaban J connectivity index is 2.04. The molecule has 4 nitrogen and oxygen atoms in total. The summed E-state index contributed by atoms with van der Waals surface area (Å²) in [7, 11) is 0. The first-order valence-corrected chi connectivity index (χ1v) is 6.99. The predicted molar refractivity (Wildman–Crippen MR) is 72.4 cm³/mol. The highest BCUT2D eigenvalue weighted by molar-refractivity contribution is 5.04. The highest BCUT2D eigenvalue weighted by Gasteiger charge is 2.29. The summed E-state index contributed by atoms with van der Waals surface area (Å²) in [6.45, 7) is 11.8. The molecule has 1 fully saturated rings. The Bertz CT molecular complexity index is 375. The minimum absolute atomic E-state index is 0.582. The molecule has 0 aliphatic carbocycles. The van der Waals surface area contributed by atoms with Gasteiger partial charge in [-0.2, -0.15) is 0 Å². The van der Waals surface area contributed by atoms with Crippen LogP contribution in [0.25, 0.3) is 0 Å². The van der Waals surface area contributed by atoms with E-state index in [1.165, 1.54) is 6.42 Å². The number of aromatic nitrogens is 1. The van der Waals surface area contributed by atoms with Crippen LogP contribution in [-0.2, 0) is 6.54 Å². The van der Waals surface area contributed by atoms with Gasteiger partial charge in [0.2, 0.25) is 0 Å². The Morgan fingerprint density at radius 3 is 2.89 bits per heavy atom. The standard InChI is InChI=1S/C14H25N3O/c1-5-12-8-17(14(7-15-12)10(2)3)9-13-6-11(4)16-18-13/h6,10,12,14-15H,5,7-9H2,1-4H3. The zero-order valence-electron chi connectivity index (χ0n) is 11.9. The maximum Gasteiger partial charge on any atom is 0.150 e. The van der Waals surface area contributed by atoms with Gasteiger partial charge < -0.3 is 9.84 Å². The maximum atomic E-state index is 5.35. The van der Waals surface area contributed by atoms with E-state index in [0.717, 1.165) is 31.1 Å². The van der Waals surface area contributed by atoms with E-state index >= 15 is 0 Å². The molecule has 2 atom stereocenters. The van der Waals surface area contributed by atoms with Gasteiger partial charge in [-0.15, -0.1) is 0 Å².